The number of hydrogen-bond donors (Lipinski definition) is 2. The van der Waals surface area contributed by atoms with Crippen LogP contribution in [0.1, 0.15) is 21.7 Å². The van der Waals surface area contributed by atoms with Gasteiger partial charge in [0, 0.05) is 41.3 Å². The molecule has 0 spiro atoms. The highest BCUT2D eigenvalue weighted by molar-refractivity contribution is 7.13. The Labute approximate surface area is 160 Å². The molecule has 2 heterocycles. The fourth-order valence-corrected chi connectivity index (χ4v) is 3.85. The van der Waals surface area contributed by atoms with E-state index in [0.29, 0.717) is 17.4 Å². The summed E-state index contributed by atoms with van der Waals surface area (Å²) in [5.74, 6) is -1.03. The second-order valence-electron chi connectivity index (χ2n) is 6.46. The molecule has 4 aromatic rings. The lowest BCUT2D eigenvalue weighted by atomic mass is 10.1. The van der Waals surface area contributed by atoms with Crippen LogP contribution in [0.3, 0.4) is 0 Å². The van der Waals surface area contributed by atoms with Gasteiger partial charge in [-0.3, -0.25) is 5.10 Å². The predicted molar refractivity (Wildman–Crippen MR) is 107 cm³/mol. The van der Waals surface area contributed by atoms with Crippen LogP contribution in [-0.4, -0.2) is 33.3 Å². The lowest BCUT2D eigenvalue weighted by Gasteiger charge is -2.20. The summed E-state index contributed by atoms with van der Waals surface area (Å²) in [5, 5.41) is 19.6. The number of carboxylic acids is 1. The molecule has 2 aromatic carbocycles. The van der Waals surface area contributed by atoms with Crippen LogP contribution in [0.4, 0.5) is 5.69 Å². The molecule has 136 valence electrons. The maximum absolute atomic E-state index is 11.3. The zero-order valence-electron chi connectivity index (χ0n) is 14.9. The number of aromatic nitrogens is 3. The topological polar surface area (TPSA) is 82.1 Å². The molecule has 0 aliphatic rings. The minimum absolute atomic E-state index is 0.0430. The average molecular weight is 378 g/mol. The van der Waals surface area contributed by atoms with Gasteiger partial charge in [0.1, 0.15) is 5.01 Å². The van der Waals surface area contributed by atoms with Crippen molar-refractivity contribution in [2.45, 2.75) is 13.5 Å². The smallest absolute Gasteiger partial charge is 0.357 e. The van der Waals surface area contributed by atoms with Crippen LogP contribution in [0.2, 0.25) is 0 Å². The van der Waals surface area contributed by atoms with Gasteiger partial charge in [0.2, 0.25) is 0 Å². The third kappa shape index (κ3) is 3.41. The van der Waals surface area contributed by atoms with Gasteiger partial charge in [0.15, 0.2) is 5.69 Å². The number of aryl methyl sites for hydroxylation is 1. The maximum Gasteiger partial charge on any atom is 0.357 e. The molecule has 0 aliphatic heterocycles. The van der Waals surface area contributed by atoms with Crippen LogP contribution >= 0.6 is 11.3 Å². The number of H-pyrrole nitrogens is 1. The Morgan fingerprint density at radius 2 is 2.11 bits per heavy atom. The SMILES string of the molecule is Cc1csc(-c2cccc(CN(C)c3ccc4[nH]nc(C(=O)O)c4c3)c2)n1. The van der Waals surface area contributed by atoms with Crippen molar-refractivity contribution < 1.29 is 9.90 Å². The third-order valence-electron chi connectivity index (χ3n) is 4.40. The Balaban J connectivity index is 1.60. The molecule has 0 unspecified atom stereocenters. The molecule has 2 aromatic heterocycles. The highest BCUT2D eigenvalue weighted by Crippen LogP contribution is 2.27. The van der Waals surface area contributed by atoms with E-state index < -0.39 is 5.97 Å². The first kappa shape index (κ1) is 17.2. The average Bonchev–Trinajstić information content (AvgIpc) is 3.27. The summed E-state index contributed by atoms with van der Waals surface area (Å²) in [6.45, 7) is 2.69. The first-order valence-electron chi connectivity index (χ1n) is 8.45. The first-order valence-corrected chi connectivity index (χ1v) is 9.33. The van der Waals surface area contributed by atoms with Crippen molar-refractivity contribution in [3.63, 3.8) is 0 Å². The molecule has 2 N–H and O–H groups in total. The molecule has 0 radical (unpaired) electrons. The van der Waals surface area contributed by atoms with Crippen LogP contribution in [-0.2, 0) is 6.54 Å². The van der Waals surface area contributed by atoms with E-state index in [4.69, 9.17) is 0 Å². The number of aromatic carboxylic acids is 1. The molecular weight excluding hydrogens is 360 g/mol. The number of fused-ring (bicyclic) bond motifs is 1. The van der Waals surface area contributed by atoms with Crippen LogP contribution in [0, 0.1) is 6.92 Å². The van der Waals surface area contributed by atoms with Gasteiger partial charge in [0.25, 0.3) is 0 Å². The number of hydrogen-bond acceptors (Lipinski definition) is 5. The minimum atomic E-state index is -1.03. The lowest BCUT2D eigenvalue weighted by Crippen LogP contribution is -2.16. The normalized spacial score (nSPS) is 11.0. The molecule has 7 heteroatoms. The number of nitrogens with one attached hydrogen (secondary N) is 1. The van der Waals surface area contributed by atoms with E-state index in [-0.39, 0.29) is 5.69 Å². The summed E-state index contributed by atoms with van der Waals surface area (Å²) in [5.41, 5.74) is 4.99. The molecule has 27 heavy (non-hydrogen) atoms. The van der Waals surface area contributed by atoms with E-state index in [1.807, 2.05) is 43.6 Å². The van der Waals surface area contributed by atoms with Gasteiger partial charge in [-0.15, -0.1) is 11.3 Å². The molecule has 0 saturated heterocycles. The van der Waals surface area contributed by atoms with Gasteiger partial charge >= 0.3 is 5.97 Å². The predicted octanol–water partition coefficient (Wildman–Crippen LogP) is 4.33. The molecule has 0 fully saturated rings. The van der Waals surface area contributed by atoms with Gasteiger partial charge in [-0.2, -0.15) is 5.10 Å². The van der Waals surface area contributed by atoms with Crippen molar-refractivity contribution in [2.75, 3.05) is 11.9 Å². The van der Waals surface area contributed by atoms with E-state index in [9.17, 15) is 9.90 Å². The van der Waals surface area contributed by atoms with E-state index in [0.717, 1.165) is 27.5 Å². The van der Waals surface area contributed by atoms with Crippen LogP contribution in [0.15, 0.2) is 47.8 Å². The van der Waals surface area contributed by atoms with E-state index in [2.05, 4.69) is 38.3 Å². The summed E-state index contributed by atoms with van der Waals surface area (Å²) in [6.07, 6.45) is 0. The monoisotopic (exact) mass is 378 g/mol. The van der Waals surface area contributed by atoms with Gasteiger partial charge in [-0.05, 0) is 36.8 Å². The summed E-state index contributed by atoms with van der Waals surface area (Å²) >= 11 is 1.64. The quantitative estimate of drug-likeness (QED) is 0.540. The van der Waals surface area contributed by atoms with Crippen molar-refractivity contribution in [3.8, 4) is 10.6 Å². The van der Waals surface area contributed by atoms with Crippen LogP contribution in [0.5, 0.6) is 0 Å². The zero-order valence-corrected chi connectivity index (χ0v) is 15.7. The van der Waals surface area contributed by atoms with Crippen molar-refractivity contribution >= 4 is 33.9 Å². The van der Waals surface area contributed by atoms with Crippen molar-refractivity contribution in [3.05, 3.63) is 64.8 Å². The molecule has 0 bridgehead atoms. The molecule has 0 atom stereocenters. The molecule has 0 saturated carbocycles. The lowest BCUT2D eigenvalue weighted by molar-refractivity contribution is 0.0692. The second-order valence-corrected chi connectivity index (χ2v) is 7.32. The number of benzene rings is 2. The highest BCUT2D eigenvalue weighted by Gasteiger charge is 2.14. The summed E-state index contributed by atoms with van der Waals surface area (Å²) < 4.78 is 0. The van der Waals surface area contributed by atoms with E-state index in [1.54, 1.807) is 11.3 Å². The fourth-order valence-electron chi connectivity index (χ4n) is 3.06. The number of thiazole rings is 1. The zero-order chi connectivity index (χ0) is 19.0. The number of nitrogens with zero attached hydrogens (tertiary/aromatic N) is 3. The summed E-state index contributed by atoms with van der Waals surface area (Å²) in [6, 6.07) is 14.0. The maximum atomic E-state index is 11.3. The van der Waals surface area contributed by atoms with Gasteiger partial charge in [-0.25, -0.2) is 9.78 Å². The Morgan fingerprint density at radius 3 is 2.85 bits per heavy atom. The minimum Gasteiger partial charge on any atom is -0.476 e. The number of aromatic amines is 1. The number of rotatable bonds is 5. The molecule has 0 aliphatic carbocycles. The Morgan fingerprint density at radius 1 is 1.26 bits per heavy atom. The van der Waals surface area contributed by atoms with Crippen molar-refractivity contribution in [1.82, 2.24) is 15.2 Å². The van der Waals surface area contributed by atoms with E-state index >= 15 is 0 Å². The Hall–Kier alpha value is -3.19. The summed E-state index contributed by atoms with van der Waals surface area (Å²) in [7, 11) is 1.99. The standard InChI is InChI=1S/C20H18N4O2S/c1-12-11-27-19(21-12)14-5-3-4-13(8-14)10-24(2)15-6-7-17-16(9-15)18(20(25)26)23-22-17/h3-9,11H,10H2,1-2H3,(H,22,23)(H,25,26). The van der Waals surface area contributed by atoms with Crippen LogP contribution in [0.25, 0.3) is 21.5 Å². The van der Waals surface area contributed by atoms with Crippen molar-refractivity contribution in [1.29, 1.82) is 0 Å². The van der Waals surface area contributed by atoms with Crippen molar-refractivity contribution in [2.24, 2.45) is 0 Å². The Kier molecular flexibility index (Phi) is 4.37. The largest absolute Gasteiger partial charge is 0.476 e. The number of carboxylic acid groups (broad SMARTS) is 1. The summed E-state index contributed by atoms with van der Waals surface area (Å²) in [4.78, 5) is 18.0. The molecule has 6 nitrogen and oxygen atoms in total. The van der Waals surface area contributed by atoms with Gasteiger partial charge in [-0.1, -0.05) is 18.2 Å². The number of carbonyl (C=O) groups is 1. The van der Waals surface area contributed by atoms with E-state index in [1.165, 1.54) is 0 Å². The fraction of sp³-hybridized carbons (Fsp3) is 0.150. The molecule has 4 rings (SSSR count). The number of anilines is 1. The molecular formula is C20H18N4O2S. The Bertz CT molecular complexity index is 1130. The first-order chi connectivity index (χ1) is 13.0. The van der Waals surface area contributed by atoms with Gasteiger partial charge < -0.3 is 10.0 Å². The molecule has 0 amide bonds. The second kappa shape index (κ2) is 6.85. The third-order valence-corrected chi connectivity index (χ3v) is 5.41. The van der Waals surface area contributed by atoms with Crippen LogP contribution < -0.4 is 4.90 Å². The van der Waals surface area contributed by atoms with Gasteiger partial charge in [0.05, 0.1) is 5.52 Å². The highest BCUT2D eigenvalue weighted by atomic mass is 32.1.